The highest BCUT2D eigenvalue weighted by Crippen LogP contribution is 2.26. The lowest BCUT2D eigenvalue weighted by molar-refractivity contribution is 0.175. The first-order valence-electron chi connectivity index (χ1n) is 4.77. The molecule has 0 aliphatic heterocycles. The van der Waals surface area contributed by atoms with E-state index in [0.29, 0.717) is 13.0 Å². The van der Waals surface area contributed by atoms with Crippen LogP contribution >= 0.6 is 11.6 Å². The molecule has 0 spiro atoms. The van der Waals surface area contributed by atoms with Crippen molar-refractivity contribution < 1.29 is 5.11 Å². The van der Waals surface area contributed by atoms with Crippen molar-refractivity contribution in [1.29, 1.82) is 0 Å². The lowest BCUT2D eigenvalue weighted by Gasteiger charge is -2.17. The van der Waals surface area contributed by atoms with Crippen LogP contribution in [-0.4, -0.2) is 17.8 Å². The maximum atomic E-state index is 9.31. The molecule has 0 heterocycles. The Hall–Kier alpha value is -0.570. The average molecular weight is 214 g/mol. The van der Waals surface area contributed by atoms with Crippen molar-refractivity contribution >= 4 is 11.6 Å². The lowest BCUT2D eigenvalue weighted by atomic mass is 9.93. The van der Waals surface area contributed by atoms with Gasteiger partial charge < -0.3 is 10.8 Å². The van der Waals surface area contributed by atoms with E-state index in [4.69, 9.17) is 17.3 Å². The lowest BCUT2D eigenvalue weighted by Crippen LogP contribution is -2.17. The Balaban J connectivity index is 2.83. The van der Waals surface area contributed by atoms with Crippen molar-refractivity contribution in [2.75, 3.05) is 6.54 Å². The fourth-order valence-electron chi connectivity index (χ4n) is 1.57. The van der Waals surface area contributed by atoms with Crippen molar-refractivity contribution in [2.24, 2.45) is 5.73 Å². The molecule has 2 unspecified atom stereocenters. The van der Waals surface area contributed by atoms with Gasteiger partial charge in [-0.05, 0) is 31.5 Å². The second kappa shape index (κ2) is 5.35. The number of hydrogen-bond acceptors (Lipinski definition) is 2. The molecule has 0 amide bonds. The van der Waals surface area contributed by atoms with Gasteiger partial charge in [-0.25, -0.2) is 0 Å². The quantitative estimate of drug-likeness (QED) is 0.805. The molecular weight excluding hydrogens is 198 g/mol. The smallest absolute Gasteiger partial charge is 0.0518 e. The van der Waals surface area contributed by atoms with E-state index in [9.17, 15) is 5.11 Å². The zero-order valence-electron chi connectivity index (χ0n) is 8.28. The van der Waals surface area contributed by atoms with Gasteiger partial charge in [0.25, 0.3) is 0 Å². The average Bonchev–Trinajstić information content (AvgIpc) is 2.15. The van der Waals surface area contributed by atoms with Gasteiger partial charge in [0.2, 0.25) is 0 Å². The molecule has 0 bridgehead atoms. The second-order valence-corrected chi connectivity index (χ2v) is 3.95. The normalized spacial score (nSPS) is 15.1. The van der Waals surface area contributed by atoms with Gasteiger partial charge in [-0.2, -0.15) is 0 Å². The van der Waals surface area contributed by atoms with Crippen LogP contribution in [0, 0.1) is 0 Å². The van der Waals surface area contributed by atoms with E-state index in [1.807, 2.05) is 24.3 Å². The Morgan fingerprint density at radius 3 is 2.57 bits per heavy atom. The number of aliphatic hydroxyl groups is 1. The van der Waals surface area contributed by atoms with Gasteiger partial charge in [-0.1, -0.05) is 29.8 Å². The van der Waals surface area contributed by atoms with Gasteiger partial charge in [0.05, 0.1) is 6.10 Å². The molecule has 0 aliphatic carbocycles. The summed E-state index contributed by atoms with van der Waals surface area (Å²) in [7, 11) is 0. The fraction of sp³-hybridized carbons (Fsp3) is 0.455. The van der Waals surface area contributed by atoms with Crippen molar-refractivity contribution in [1.82, 2.24) is 0 Å². The summed E-state index contributed by atoms with van der Waals surface area (Å²) in [6.07, 6.45) is 0.306. The highest BCUT2D eigenvalue weighted by atomic mass is 35.5. The van der Waals surface area contributed by atoms with Gasteiger partial charge >= 0.3 is 0 Å². The summed E-state index contributed by atoms with van der Waals surface area (Å²) in [5.74, 6) is 0.142. The number of rotatable bonds is 4. The van der Waals surface area contributed by atoms with E-state index in [1.54, 1.807) is 6.92 Å². The second-order valence-electron chi connectivity index (χ2n) is 3.54. The van der Waals surface area contributed by atoms with Crippen LogP contribution in [0.4, 0.5) is 0 Å². The third kappa shape index (κ3) is 2.98. The van der Waals surface area contributed by atoms with Gasteiger partial charge in [0.15, 0.2) is 0 Å². The molecule has 1 rings (SSSR count). The third-order valence-corrected chi connectivity index (χ3v) is 2.60. The maximum Gasteiger partial charge on any atom is 0.0518 e. The standard InChI is InChI=1S/C11H16ClNO/c1-8(14)6-9(7-13)10-4-2-3-5-11(10)12/h2-5,8-9,14H,6-7,13H2,1H3. The van der Waals surface area contributed by atoms with Crippen molar-refractivity contribution in [2.45, 2.75) is 25.4 Å². The zero-order valence-corrected chi connectivity index (χ0v) is 9.04. The number of nitrogens with two attached hydrogens (primary N) is 1. The predicted octanol–water partition coefficient (Wildman–Crippen LogP) is 2.15. The monoisotopic (exact) mass is 213 g/mol. The molecule has 0 aromatic heterocycles. The molecule has 2 nitrogen and oxygen atoms in total. The van der Waals surface area contributed by atoms with Crippen molar-refractivity contribution in [3.8, 4) is 0 Å². The number of hydrogen-bond donors (Lipinski definition) is 2. The third-order valence-electron chi connectivity index (χ3n) is 2.26. The molecule has 1 aromatic rings. The molecule has 0 saturated heterocycles. The molecule has 3 heteroatoms. The van der Waals surface area contributed by atoms with Crippen molar-refractivity contribution in [3.05, 3.63) is 34.9 Å². The van der Waals surface area contributed by atoms with E-state index in [0.717, 1.165) is 10.6 Å². The van der Waals surface area contributed by atoms with Gasteiger partial charge in [-0.15, -0.1) is 0 Å². The predicted molar refractivity (Wildman–Crippen MR) is 59.5 cm³/mol. The molecule has 1 aromatic carbocycles. The SMILES string of the molecule is CC(O)CC(CN)c1ccccc1Cl. The molecule has 3 N–H and O–H groups in total. The molecular formula is C11H16ClNO. The first kappa shape index (κ1) is 11.5. The minimum Gasteiger partial charge on any atom is -0.393 e. The summed E-state index contributed by atoms with van der Waals surface area (Å²) in [5.41, 5.74) is 6.68. The minimum absolute atomic E-state index is 0.142. The Bertz CT molecular complexity index is 288. The number of halogens is 1. The molecule has 14 heavy (non-hydrogen) atoms. The van der Waals surface area contributed by atoms with Crippen LogP contribution in [0.5, 0.6) is 0 Å². The summed E-state index contributed by atoms with van der Waals surface area (Å²) in [6, 6.07) is 7.64. The summed E-state index contributed by atoms with van der Waals surface area (Å²) < 4.78 is 0. The zero-order chi connectivity index (χ0) is 10.6. The first-order valence-corrected chi connectivity index (χ1v) is 5.15. The van der Waals surface area contributed by atoms with E-state index in [1.165, 1.54) is 0 Å². The van der Waals surface area contributed by atoms with Crippen LogP contribution in [0.1, 0.15) is 24.8 Å². The van der Waals surface area contributed by atoms with Crippen LogP contribution in [0.25, 0.3) is 0 Å². The van der Waals surface area contributed by atoms with Crippen LogP contribution in [0.15, 0.2) is 24.3 Å². The van der Waals surface area contributed by atoms with Crippen molar-refractivity contribution in [3.63, 3.8) is 0 Å². The van der Waals surface area contributed by atoms with Gasteiger partial charge in [-0.3, -0.25) is 0 Å². The highest BCUT2D eigenvalue weighted by molar-refractivity contribution is 6.31. The van der Waals surface area contributed by atoms with E-state index >= 15 is 0 Å². The largest absolute Gasteiger partial charge is 0.393 e. The Morgan fingerprint density at radius 2 is 2.07 bits per heavy atom. The molecule has 0 aliphatic rings. The summed E-state index contributed by atoms with van der Waals surface area (Å²) in [6.45, 7) is 2.27. The van der Waals surface area contributed by atoms with Gasteiger partial charge in [0.1, 0.15) is 0 Å². The van der Waals surface area contributed by atoms with E-state index < -0.39 is 0 Å². The van der Waals surface area contributed by atoms with Crippen LogP contribution in [0.2, 0.25) is 5.02 Å². The van der Waals surface area contributed by atoms with Crippen LogP contribution < -0.4 is 5.73 Å². The van der Waals surface area contributed by atoms with Crippen LogP contribution in [0.3, 0.4) is 0 Å². The molecule has 0 radical (unpaired) electrons. The van der Waals surface area contributed by atoms with Crippen LogP contribution in [-0.2, 0) is 0 Å². The Morgan fingerprint density at radius 1 is 1.43 bits per heavy atom. The molecule has 0 saturated carbocycles. The summed E-state index contributed by atoms with van der Waals surface area (Å²) in [5, 5.41) is 10.0. The minimum atomic E-state index is -0.347. The topological polar surface area (TPSA) is 46.2 Å². The fourth-order valence-corrected chi connectivity index (χ4v) is 1.86. The molecule has 78 valence electrons. The molecule has 2 atom stereocenters. The summed E-state index contributed by atoms with van der Waals surface area (Å²) >= 11 is 6.04. The highest BCUT2D eigenvalue weighted by Gasteiger charge is 2.14. The summed E-state index contributed by atoms with van der Waals surface area (Å²) in [4.78, 5) is 0. The Labute approximate surface area is 89.7 Å². The molecule has 0 fully saturated rings. The first-order chi connectivity index (χ1) is 6.65. The van der Waals surface area contributed by atoms with E-state index in [-0.39, 0.29) is 12.0 Å². The number of benzene rings is 1. The maximum absolute atomic E-state index is 9.31. The van der Waals surface area contributed by atoms with Gasteiger partial charge in [0, 0.05) is 10.9 Å². The van der Waals surface area contributed by atoms with E-state index in [2.05, 4.69) is 0 Å². The number of aliphatic hydroxyl groups excluding tert-OH is 1. The Kier molecular flexibility index (Phi) is 4.39.